The second kappa shape index (κ2) is 5.69. The van der Waals surface area contributed by atoms with Crippen LogP contribution in [-0.2, 0) is 11.3 Å². The third-order valence-electron chi connectivity index (χ3n) is 3.00. The van der Waals surface area contributed by atoms with E-state index < -0.39 is 0 Å². The van der Waals surface area contributed by atoms with Crippen LogP contribution in [0.15, 0.2) is 15.2 Å². The van der Waals surface area contributed by atoms with Gasteiger partial charge in [-0.15, -0.1) is 0 Å². The Bertz CT molecular complexity index is 396. The van der Waals surface area contributed by atoms with Crippen molar-refractivity contribution in [3.63, 3.8) is 0 Å². The molecule has 5 heteroatoms. The first-order valence-corrected chi connectivity index (χ1v) is 6.59. The molecular weight excluding hydrogens is 286 g/mol. The number of nitrogens with zero attached hydrogens (tertiary/aromatic N) is 1. The average molecular weight is 302 g/mol. The first-order chi connectivity index (χ1) is 8.20. The number of likely N-dealkylation sites (tertiary alicyclic amines) is 1. The lowest BCUT2D eigenvalue weighted by atomic mass is 10.1. The van der Waals surface area contributed by atoms with Crippen LogP contribution >= 0.6 is 15.9 Å². The van der Waals surface area contributed by atoms with E-state index in [1.165, 1.54) is 26.4 Å². The van der Waals surface area contributed by atoms with Crippen molar-refractivity contribution in [1.29, 1.82) is 0 Å². The summed E-state index contributed by atoms with van der Waals surface area (Å²) in [6.45, 7) is 2.81. The van der Waals surface area contributed by atoms with Crippen LogP contribution in [0.3, 0.4) is 0 Å². The van der Waals surface area contributed by atoms with Crippen LogP contribution in [-0.4, -0.2) is 31.1 Å². The Kier molecular flexibility index (Phi) is 4.23. The third-order valence-corrected chi connectivity index (χ3v) is 3.39. The predicted molar refractivity (Wildman–Crippen MR) is 66.9 cm³/mol. The number of methoxy groups -OCH3 is 1. The minimum Gasteiger partial charge on any atom is -0.465 e. The number of carbonyl (C=O) groups excluding carboxylic acids is 1. The molecule has 0 spiro atoms. The molecule has 94 valence electrons. The van der Waals surface area contributed by atoms with Gasteiger partial charge in [0.1, 0.15) is 11.3 Å². The summed E-state index contributed by atoms with van der Waals surface area (Å²) in [6.07, 6.45) is 3.73. The highest BCUT2D eigenvalue weighted by Crippen LogP contribution is 2.23. The molecule has 0 N–H and O–H groups in total. The first-order valence-electron chi connectivity index (χ1n) is 5.79. The van der Waals surface area contributed by atoms with E-state index in [2.05, 4.69) is 20.8 Å². The van der Waals surface area contributed by atoms with E-state index in [-0.39, 0.29) is 5.97 Å². The monoisotopic (exact) mass is 301 g/mol. The van der Waals surface area contributed by atoms with Crippen molar-refractivity contribution in [3.8, 4) is 0 Å². The summed E-state index contributed by atoms with van der Waals surface area (Å²) < 4.78 is 10.8. The van der Waals surface area contributed by atoms with Crippen LogP contribution in [0.5, 0.6) is 0 Å². The third kappa shape index (κ3) is 3.10. The Morgan fingerprint density at radius 2 is 2.18 bits per heavy atom. The second-order valence-corrected chi connectivity index (χ2v) is 5.00. The number of piperidine rings is 1. The summed E-state index contributed by atoms with van der Waals surface area (Å²) in [5.41, 5.74) is 0.518. The molecule has 2 rings (SSSR count). The number of hydrogen-bond donors (Lipinski definition) is 0. The van der Waals surface area contributed by atoms with Gasteiger partial charge in [-0.3, -0.25) is 4.90 Å². The summed E-state index contributed by atoms with van der Waals surface area (Å²) in [4.78, 5) is 13.9. The molecule has 1 aliphatic rings. The zero-order valence-corrected chi connectivity index (χ0v) is 11.5. The minimum atomic E-state index is -0.341. The summed E-state index contributed by atoms with van der Waals surface area (Å²) in [7, 11) is 1.38. The maximum atomic E-state index is 11.6. The molecule has 1 fully saturated rings. The van der Waals surface area contributed by atoms with Crippen LogP contribution in [0.2, 0.25) is 0 Å². The Morgan fingerprint density at radius 1 is 1.47 bits per heavy atom. The van der Waals surface area contributed by atoms with Gasteiger partial charge in [0.25, 0.3) is 0 Å². The van der Waals surface area contributed by atoms with Gasteiger partial charge in [0.2, 0.25) is 0 Å². The van der Waals surface area contributed by atoms with E-state index in [9.17, 15) is 4.79 Å². The number of rotatable bonds is 3. The van der Waals surface area contributed by atoms with Crippen LogP contribution in [0, 0.1) is 0 Å². The SMILES string of the molecule is COC(=O)c1cc(Br)oc1CN1CCCCC1. The molecule has 0 radical (unpaired) electrons. The van der Waals surface area contributed by atoms with Crippen molar-refractivity contribution >= 4 is 21.9 Å². The highest BCUT2D eigenvalue weighted by atomic mass is 79.9. The fourth-order valence-electron chi connectivity index (χ4n) is 2.12. The largest absolute Gasteiger partial charge is 0.465 e. The quantitative estimate of drug-likeness (QED) is 0.805. The van der Waals surface area contributed by atoms with Crippen molar-refractivity contribution in [3.05, 3.63) is 22.1 Å². The van der Waals surface area contributed by atoms with Crippen molar-refractivity contribution < 1.29 is 13.9 Å². The van der Waals surface area contributed by atoms with Crippen molar-refractivity contribution in [1.82, 2.24) is 4.90 Å². The highest BCUT2D eigenvalue weighted by molar-refractivity contribution is 9.10. The van der Waals surface area contributed by atoms with Gasteiger partial charge in [-0.1, -0.05) is 6.42 Å². The Labute approximate surface area is 109 Å². The molecule has 0 unspecified atom stereocenters. The van der Waals surface area contributed by atoms with Crippen LogP contribution in [0.4, 0.5) is 0 Å². The molecule has 0 aliphatic carbocycles. The second-order valence-electron chi connectivity index (χ2n) is 4.22. The van der Waals surface area contributed by atoms with Gasteiger partial charge in [0, 0.05) is 6.07 Å². The Balaban J connectivity index is 2.11. The van der Waals surface area contributed by atoms with Gasteiger partial charge < -0.3 is 9.15 Å². The molecule has 1 aromatic heterocycles. The van der Waals surface area contributed by atoms with E-state index >= 15 is 0 Å². The predicted octanol–water partition coefficient (Wildman–Crippen LogP) is 2.81. The highest BCUT2D eigenvalue weighted by Gasteiger charge is 2.20. The van der Waals surface area contributed by atoms with Gasteiger partial charge >= 0.3 is 5.97 Å². The molecule has 1 aromatic rings. The molecule has 0 saturated carbocycles. The van der Waals surface area contributed by atoms with E-state index in [0.717, 1.165) is 13.1 Å². The lowest BCUT2D eigenvalue weighted by Crippen LogP contribution is -2.29. The topological polar surface area (TPSA) is 42.7 Å². The van der Waals surface area contributed by atoms with E-state index in [1.807, 2.05) is 0 Å². The number of ether oxygens (including phenoxy) is 1. The maximum Gasteiger partial charge on any atom is 0.341 e. The summed E-state index contributed by atoms with van der Waals surface area (Å²) in [5, 5.41) is 0. The lowest BCUT2D eigenvalue weighted by Gasteiger charge is -2.25. The van der Waals surface area contributed by atoms with E-state index in [0.29, 0.717) is 22.5 Å². The first kappa shape index (κ1) is 12.6. The number of furan rings is 1. The fraction of sp³-hybridized carbons (Fsp3) is 0.583. The molecule has 1 aliphatic heterocycles. The molecule has 4 nitrogen and oxygen atoms in total. The van der Waals surface area contributed by atoms with Crippen molar-refractivity contribution in [2.75, 3.05) is 20.2 Å². The number of hydrogen-bond acceptors (Lipinski definition) is 4. The molecule has 0 bridgehead atoms. The van der Waals surface area contributed by atoms with Crippen molar-refractivity contribution in [2.45, 2.75) is 25.8 Å². The van der Waals surface area contributed by atoms with Crippen LogP contribution in [0.25, 0.3) is 0 Å². The molecule has 0 amide bonds. The molecule has 1 saturated heterocycles. The van der Waals surface area contributed by atoms with Gasteiger partial charge in [-0.05, 0) is 41.9 Å². The van der Waals surface area contributed by atoms with E-state index in [4.69, 9.17) is 9.15 Å². The van der Waals surface area contributed by atoms with Gasteiger partial charge in [-0.25, -0.2) is 4.79 Å². The molecule has 17 heavy (non-hydrogen) atoms. The summed E-state index contributed by atoms with van der Waals surface area (Å²) >= 11 is 3.25. The minimum absolute atomic E-state index is 0.341. The standard InChI is InChI=1S/C12H16BrNO3/c1-16-12(15)9-7-11(13)17-10(9)8-14-5-3-2-4-6-14/h7H,2-6,8H2,1H3. The van der Waals surface area contributed by atoms with E-state index in [1.54, 1.807) is 6.07 Å². The van der Waals surface area contributed by atoms with Crippen LogP contribution in [0.1, 0.15) is 35.4 Å². The van der Waals surface area contributed by atoms with Crippen LogP contribution < -0.4 is 0 Å². The number of carbonyl (C=O) groups is 1. The zero-order valence-electron chi connectivity index (χ0n) is 9.87. The molecule has 0 atom stereocenters. The Hall–Kier alpha value is -0.810. The van der Waals surface area contributed by atoms with Crippen molar-refractivity contribution in [2.24, 2.45) is 0 Å². The summed E-state index contributed by atoms with van der Waals surface area (Å²) in [5.74, 6) is 0.345. The van der Waals surface area contributed by atoms with Gasteiger partial charge in [-0.2, -0.15) is 0 Å². The number of esters is 1. The molecule has 2 heterocycles. The smallest absolute Gasteiger partial charge is 0.341 e. The van der Waals surface area contributed by atoms with Gasteiger partial charge in [0.15, 0.2) is 4.67 Å². The Morgan fingerprint density at radius 3 is 2.82 bits per heavy atom. The lowest BCUT2D eigenvalue weighted by molar-refractivity contribution is 0.0596. The number of halogens is 1. The van der Waals surface area contributed by atoms with Gasteiger partial charge in [0.05, 0.1) is 13.7 Å². The summed E-state index contributed by atoms with van der Waals surface area (Å²) in [6, 6.07) is 1.67. The fourth-order valence-corrected chi connectivity index (χ4v) is 2.54. The normalized spacial score (nSPS) is 17.1. The average Bonchev–Trinajstić information content (AvgIpc) is 2.70. The molecule has 0 aromatic carbocycles. The maximum absolute atomic E-state index is 11.6. The molecular formula is C12H16BrNO3. The zero-order chi connectivity index (χ0) is 12.3.